The number of carboxylic acid groups (broad SMARTS) is 1. The number of hydrogen-bond acceptors (Lipinski definition) is 4. The lowest BCUT2D eigenvalue weighted by atomic mass is 9.84. The summed E-state index contributed by atoms with van der Waals surface area (Å²) in [6.45, 7) is 3.65. The van der Waals surface area contributed by atoms with E-state index in [0.717, 1.165) is 4.90 Å². The molecule has 1 aliphatic heterocycles. The van der Waals surface area contributed by atoms with E-state index in [9.17, 15) is 33.3 Å². The maximum atomic E-state index is 14.3. The molecule has 1 amide bonds. The molecular weight excluding hydrogens is 355 g/mol. The van der Waals surface area contributed by atoms with E-state index in [0.29, 0.717) is 12.1 Å². The topological polar surface area (TPSA) is 90.2 Å². The number of halogens is 3. The summed E-state index contributed by atoms with van der Waals surface area (Å²) in [6, 6.07) is -0.160. The van der Waals surface area contributed by atoms with Crippen molar-refractivity contribution in [3.63, 3.8) is 0 Å². The van der Waals surface area contributed by atoms with Gasteiger partial charge in [-0.25, -0.2) is 18.0 Å². The van der Waals surface area contributed by atoms with Crippen molar-refractivity contribution >= 4 is 6.09 Å². The standard InChI is InChI=1S/C17H22F3NO5/c1-16(2,3)21(15(23)24)13-6-17(25,7-22)8-26-14(13)9-4-11(19)12(20)5-10(9)18/h4-5,13-14,22,25H,6-8H2,1-3H3,(H,23,24)/t13-,14+,17?/m0/s1. The molecule has 1 aliphatic rings. The number of benzene rings is 1. The van der Waals surface area contributed by atoms with Crippen molar-refractivity contribution in [3.8, 4) is 0 Å². The molecule has 3 atom stereocenters. The Morgan fingerprint density at radius 3 is 2.35 bits per heavy atom. The highest BCUT2D eigenvalue weighted by atomic mass is 19.2. The van der Waals surface area contributed by atoms with Gasteiger partial charge < -0.3 is 20.1 Å². The summed E-state index contributed by atoms with van der Waals surface area (Å²) >= 11 is 0. The molecule has 1 aromatic carbocycles. The van der Waals surface area contributed by atoms with Crippen molar-refractivity contribution in [1.29, 1.82) is 0 Å². The zero-order valence-corrected chi connectivity index (χ0v) is 14.7. The first-order valence-corrected chi connectivity index (χ1v) is 8.01. The largest absolute Gasteiger partial charge is 0.465 e. The molecule has 0 radical (unpaired) electrons. The van der Waals surface area contributed by atoms with Crippen molar-refractivity contribution < 1.29 is 38.0 Å². The van der Waals surface area contributed by atoms with Gasteiger partial charge in [0.1, 0.15) is 17.5 Å². The smallest absolute Gasteiger partial charge is 0.408 e. The Morgan fingerprint density at radius 2 is 1.85 bits per heavy atom. The molecule has 0 bridgehead atoms. The first-order valence-electron chi connectivity index (χ1n) is 8.01. The number of nitrogens with zero attached hydrogens (tertiary/aromatic N) is 1. The van der Waals surface area contributed by atoms with E-state index in [-0.39, 0.29) is 12.0 Å². The number of hydrogen-bond donors (Lipinski definition) is 3. The number of amides is 1. The van der Waals surface area contributed by atoms with Crippen LogP contribution in [0.4, 0.5) is 18.0 Å². The summed E-state index contributed by atoms with van der Waals surface area (Å²) in [6.07, 6.45) is -2.91. The van der Waals surface area contributed by atoms with Gasteiger partial charge in [-0.05, 0) is 26.8 Å². The number of rotatable bonds is 3. The van der Waals surface area contributed by atoms with Gasteiger partial charge in [0, 0.05) is 23.6 Å². The molecule has 146 valence electrons. The van der Waals surface area contributed by atoms with E-state index >= 15 is 0 Å². The van der Waals surface area contributed by atoms with Gasteiger partial charge in [0.25, 0.3) is 0 Å². The van der Waals surface area contributed by atoms with Crippen molar-refractivity contribution in [3.05, 3.63) is 35.1 Å². The van der Waals surface area contributed by atoms with Crippen LogP contribution in [0.15, 0.2) is 12.1 Å². The SMILES string of the molecule is CC(C)(C)N(C(=O)O)[C@H]1CC(O)(CO)CO[C@@H]1c1cc(F)c(F)cc1F. The molecule has 1 saturated heterocycles. The average molecular weight is 377 g/mol. The van der Waals surface area contributed by atoms with Crippen molar-refractivity contribution in [2.45, 2.75) is 50.5 Å². The van der Waals surface area contributed by atoms with Crippen LogP contribution in [-0.2, 0) is 4.74 Å². The fourth-order valence-electron chi connectivity index (χ4n) is 3.23. The Hall–Kier alpha value is -1.84. The van der Waals surface area contributed by atoms with Crippen LogP contribution in [0.3, 0.4) is 0 Å². The van der Waals surface area contributed by atoms with E-state index in [2.05, 4.69) is 0 Å². The second-order valence-electron chi connectivity index (χ2n) is 7.50. The van der Waals surface area contributed by atoms with Gasteiger partial charge in [0.15, 0.2) is 11.6 Å². The van der Waals surface area contributed by atoms with Crippen LogP contribution in [-0.4, -0.2) is 56.7 Å². The lowest BCUT2D eigenvalue weighted by Gasteiger charge is -2.48. The number of aliphatic hydroxyl groups excluding tert-OH is 1. The Balaban J connectivity index is 2.56. The number of ether oxygens (including phenoxy) is 1. The monoisotopic (exact) mass is 377 g/mol. The third-order valence-electron chi connectivity index (χ3n) is 4.37. The third kappa shape index (κ3) is 3.94. The summed E-state index contributed by atoms with van der Waals surface area (Å²) < 4.78 is 46.6. The minimum atomic E-state index is -1.74. The predicted molar refractivity (Wildman–Crippen MR) is 85.1 cm³/mol. The lowest BCUT2D eigenvalue weighted by molar-refractivity contribution is -0.175. The summed E-state index contributed by atoms with van der Waals surface area (Å²) in [5.74, 6) is -3.77. The Morgan fingerprint density at radius 1 is 1.27 bits per heavy atom. The molecule has 6 nitrogen and oxygen atoms in total. The maximum absolute atomic E-state index is 14.3. The van der Waals surface area contributed by atoms with Gasteiger partial charge in [0.05, 0.1) is 19.3 Å². The van der Waals surface area contributed by atoms with Crippen molar-refractivity contribution in [2.24, 2.45) is 0 Å². The van der Waals surface area contributed by atoms with Gasteiger partial charge >= 0.3 is 6.09 Å². The Labute approximate surface area is 148 Å². The first kappa shape index (κ1) is 20.5. The number of aliphatic hydroxyl groups is 2. The van der Waals surface area contributed by atoms with E-state index < -0.39 is 60.0 Å². The molecule has 9 heteroatoms. The molecule has 26 heavy (non-hydrogen) atoms. The van der Waals surface area contributed by atoms with E-state index in [1.807, 2.05) is 0 Å². The zero-order chi connectivity index (χ0) is 19.9. The molecular formula is C17H22F3NO5. The van der Waals surface area contributed by atoms with Gasteiger partial charge in [-0.1, -0.05) is 0 Å². The molecule has 0 spiro atoms. The molecule has 2 rings (SSSR count). The highest BCUT2D eigenvalue weighted by molar-refractivity contribution is 5.66. The van der Waals surface area contributed by atoms with Crippen LogP contribution >= 0.6 is 0 Å². The second kappa shape index (κ2) is 7.05. The molecule has 1 unspecified atom stereocenters. The fourth-order valence-corrected chi connectivity index (χ4v) is 3.23. The van der Waals surface area contributed by atoms with Gasteiger partial charge in [0.2, 0.25) is 0 Å². The second-order valence-corrected chi connectivity index (χ2v) is 7.50. The van der Waals surface area contributed by atoms with E-state index in [1.165, 1.54) is 0 Å². The molecule has 3 N–H and O–H groups in total. The Kier molecular flexibility index (Phi) is 5.55. The van der Waals surface area contributed by atoms with Gasteiger partial charge in [-0.15, -0.1) is 0 Å². The molecule has 1 heterocycles. The molecule has 0 saturated carbocycles. The summed E-state index contributed by atoms with van der Waals surface area (Å²) in [7, 11) is 0. The van der Waals surface area contributed by atoms with Crippen molar-refractivity contribution in [1.82, 2.24) is 4.90 Å². The summed E-state index contributed by atoms with van der Waals surface area (Å²) in [4.78, 5) is 12.8. The van der Waals surface area contributed by atoms with Crippen LogP contribution in [0.25, 0.3) is 0 Å². The molecule has 0 aliphatic carbocycles. The van der Waals surface area contributed by atoms with Crippen LogP contribution in [0.1, 0.15) is 38.9 Å². The van der Waals surface area contributed by atoms with Gasteiger partial charge in [-0.3, -0.25) is 4.90 Å². The van der Waals surface area contributed by atoms with E-state index in [1.54, 1.807) is 20.8 Å². The zero-order valence-electron chi connectivity index (χ0n) is 14.7. The highest BCUT2D eigenvalue weighted by Crippen LogP contribution is 2.40. The normalized spacial score (nSPS) is 26.6. The van der Waals surface area contributed by atoms with E-state index in [4.69, 9.17) is 4.74 Å². The van der Waals surface area contributed by atoms with Crippen LogP contribution in [0, 0.1) is 17.5 Å². The minimum absolute atomic E-state index is 0.268. The maximum Gasteiger partial charge on any atom is 0.408 e. The molecule has 0 aromatic heterocycles. The summed E-state index contributed by atoms with van der Waals surface area (Å²) in [5, 5.41) is 29.4. The van der Waals surface area contributed by atoms with Crippen molar-refractivity contribution in [2.75, 3.05) is 13.2 Å². The molecule has 1 aromatic rings. The van der Waals surface area contributed by atoms with Crippen LogP contribution in [0.5, 0.6) is 0 Å². The third-order valence-corrected chi connectivity index (χ3v) is 4.37. The summed E-state index contributed by atoms with van der Waals surface area (Å²) in [5.41, 5.74) is -3.07. The first-order chi connectivity index (χ1) is 11.9. The highest BCUT2D eigenvalue weighted by Gasteiger charge is 2.48. The average Bonchev–Trinajstić information content (AvgIpc) is 2.50. The Bertz CT molecular complexity index is 694. The van der Waals surface area contributed by atoms with Gasteiger partial charge in [-0.2, -0.15) is 0 Å². The predicted octanol–water partition coefficient (Wildman–Crippen LogP) is 2.44. The lowest BCUT2D eigenvalue weighted by Crippen LogP contribution is -2.60. The van der Waals surface area contributed by atoms with Crippen LogP contribution in [0.2, 0.25) is 0 Å². The van der Waals surface area contributed by atoms with Crippen LogP contribution < -0.4 is 0 Å². The number of carbonyl (C=O) groups is 1. The fraction of sp³-hybridized carbons (Fsp3) is 0.588. The molecule has 1 fully saturated rings. The minimum Gasteiger partial charge on any atom is -0.465 e. The quantitative estimate of drug-likeness (QED) is 0.704.